The van der Waals surface area contributed by atoms with Crippen molar-refractivity contribution in [1.29, 1.82) is 0 Å². The number of ether oxygens (including phenoxy) is 2. The van der Waals surface area contributed by atoms with Crippen LogP contribution in [0, 0.1) is 5.41 Å². The number of hydrogen-bond acceptors (Lipinski definition) is 5. The first-order valence-corrected chi connectivity index (χ1v) is 9.58. The molecule has 2 N–H and O–H groups in total. The molecule has 0 aromatic heterocycles. The Kier molecular flexibility index (Phi) is 11.3. The molecule has 2 aliphatic rings. The summed E-state index contributed by atoms with van der Waals surface area (Å²) < 4.78 is 10.9. The Labute approximate surface area is 180 Å². The summed E-state index contributed by atoms with van der Waals surface area (Å²) in [6.45, 7) is 7.46. The van der Waals surface area contributed by atoms with Crippen molar-refractivity contribution in [3.05, 3.63) is 35.4 Å². The molecule has 28 heavy (non-hydrogen) atoms. The minimum Gasteiger partial charge on any atom is -0.384 e. The van der Waals surface area contributed by atoms with Gasteiger partial charge in [0, 0.05) is 44.3 Å². The van der Waals surface area contributed by atoms with E-state index < -0.39 is 0 Å². The molecular weight excluding hydrogens is 401 g/mol. The van der Waals surface area contributed by atoms with E-state index in [1.807, 2.05) is 18.2 Å². The van der Waals surface area contributed by atoms with Crippen LogP contribution in [0.4, 0.5) is 0 Å². The van der Waals surface area contributed by atoms with Gasteiger partial charge in [0.05, 0.1) is 19.8 Å². The van der Waals surface area contributed by atoms with Gasteiger partial charge in [-0.2, -0.15) is 0 Å². The number of amides is 1. The fourth-order valence-electron chi connectivity index (χ4n) is 3.88. The summed E-state index contributed by atoms with van der Waals surface area (Å²) in [5.41, 5.74) is 1.90. The van der Waals surface area contributed by atoms with Gasteiger partial charge in [0.25, 0.3) is 5.91 Å². The van der Waals surface area contributed by atoms with E-state index in [0.717, 1.165) is 69.9 Å². The van der Waals surface area contributed by atoms with E-state index in [-0.39, 0.29) is 36.1 Å². The van der Waals surface area contributed by atoms with Gasteiger partial charge in [-0.15, -0.1) is 24.8 Å². The van der Waals surface area contributed by atoms with Crippen molar-refractivity contribution in [3.8, 4) is 0 Å². The van der Waals surface area contributed by atoms with E-state index in [1.165, 1.54) is 0 Å². The number of rotatable bonds is 7. The van der Waals surface area contributed by atoms with Crippen LogP contribution in [0.25, 0.3) is 0 Å². The van der Waals surface area contributed by atoms with Gasteiger partial charge >= 0.3 is 0 Å². The molecule has 160 valence electrons. The van der Waals surface area contributed by atoms with E-state index in [4.69, 9.17) is 9.47 Å². The van der Waals surface area contributed by atoms with Crippen LogP contribution in [0.1, 0.15) is 28.8 Å². The molecule has 2 fully saturated rings. The molecule has 1 aromatic rings. The van der Waals surface area contributed by atoms with Crippen LogP contribution in [-0.2, 0) is 16.0 Å². The molecule has 1 amide bonds. The van der Waals surface area contributed by atoms with Crippen LogP contribution in [0.5, 0.6) is 0 Å². The van der Waals surface area contributed by atoms with Crippen molar-refractivity contribution >= 4 is 30.7 Å². The molecule has 3 rings (SSSR count). The van der Waals surface area contributed by atoms with Gasteiger partial charge in [-0.05, 0) is 37.6 Å². The van der Waals surface area contributed by atoms with Crippen molar-refractivity contribution in [3.63, 3.8) is 0 Å². The minimum atomic E-state index is 0. The van der Waals surface area contributed by atoms with Crippen LogP contribution in [-0.4, -0.2) is 70.5 Å². The number of carbonyl (C=O) groups is 1. The third-order valence-corrected chi connectivity index (χ3v) is 5.50. The summed E-state index contributed by atoms with van der Waals surface area (Å²) in [6, 6.07) is 7.93. The van der Waals surface area contributed by atoms with E-state index in [1.54, 1.807) is 7.11 Å². The number of hydrogen-bond donors (Lipinski definition) is 2. The lowest BCUT2D eigenvalue weighted by molar-refractivity contribution is 0.0340. The summed E-state index contributed by atoms with van der Waals surface area (Å²) in [4.78, 5) is 15.2. The molecule has 0 atom stereocenters. The van der Waals surface area contributed by atoms with Crippen LogP contribution in [0.3, 0.4) is 0 Å². The average Bonchev–Trinajstić information content (AvgIpc) is 2.68. The summed E-state index contributed by atoms with van der Waals surface area (Å²) in [6.07, 6.45) is 2.05. The molecule has 0 radical (unpaired) electrons. The molecule has 8 heteroatoms. The summed E-state index contributed by atoms with van der Waals surface area (Å²) in [5, 5.41) is 6.57. The minimum absolute atomic E-state index is 0. The molecular formula is C20H33Cl2N3O3. The Morgan fingerprint density at radius 1 is 1.21 bits per heavy atom. The second-order valence-corrected chi connectivity index (χ2v) is 7.41. The summed E-state index contributed by atoms with van der Waals surface area (Å²) >= 11 is 0. The lowest BCUT2D eigenvalue weighted by Crippen LogP contribution is -2.47. The molecule has 2 heterocycles. The molecule has 2 aliphatic heterocycles. The normalized spacial score (nSPS) is 19.2. The van der Waals surface area contributed by atoms with Crippen molar-refractivity contribution in [2.24, 2.45) is 5.41 Å². The van der Waals surface area contributed by atoms with E-state index in [2.05, 4.69) is 21.6 Å². The smallest absolute Gasteiger partial charge is 0.251 e. The van der Waals surface area contributed by atoms with Gasteiger partial charge in [0.2, 0.25) is 0 Å². The lowest BCUT2D eigenvalue weighted by atomic mass is 9.79. The fraction of sp³-hybridized carbons (Fsp3) is 0.650. The first-order valence-electron chi connectivity index (χ1n) is 9.58. The van der Waals surface area contributed by atoms with Crippen LogP contribution < -0.4 is 10.6 Å². The largest absolute Gasteiger partial charge is 0.384 e. The van der Waals surface area contributed by atoms with Gasteiger partial charge in [0.1, 0.15) is 0 Å². The summed E-state index contributed by atoms with van der Waals surface area (Å²) in [5.74, 6) is 0.0165. The molecule has 0 spiro atoms. The zero-order valence-corrected chi connectivity index (χ0v) is 18.2. The Morgan fingerprint density at radius 3 is 2.57 bits per heavy atom. The molecule has 2 saturated heterocycles. The Bertz CT molecular complexity index is 586. The predicted octanol–water partition coefficient (Wildman–Crippen LogP) is 2.11. The van der Waals surface area contributed by atoms with E-state index in [9.17, 15) is 4.79 Å². The molecule has 6 nitrogen and oxygen atoms in total. The third-order valence-electron chi connectivity index (χ3n) is 5.50. The van der Waals surface area contributed by atoms with Crippen molar-refractivity contribution in [1.82, 2.24) is 15.5 Å². The number of nitrogens with one attached hydrogen (secondary N) is 2. The molecule has 0 saturated carbocycles. The maximum atomic E-state index is 12.9. The van der Waals surface area contributed by atoms with Crippen molar-refractivity contribution < 1.29 is 14.3 Å². The predicted molar refractivity (Wildman–Crippen MR) is 116 cm³/mol. The zero-order valence-electron chi connectivity index (χ0n) is 16.6. The number of piperidine rings is 1. The number of halogens is 2. The van der Waals surface area contributed by atoms with Gasteiger partial charge in [-0.1, -0.05) is 18.2 Å². The highest BCUT2D eigenvalue weighted by molar-refractivity contribution is 5.95. The maximum Gasteiger partial charge on any atom is 0.251 e. The topological polar surface area (TPSA) is 62.8 Å². The Balaban J connectivity index is 0.00000196. The average molecular weight is 434 g/mol. The number of carbonyl (C=O) groups excluding carboxylic acids is 1. The van der Waals surface area contributed by atoms with Gasteiger partial charge in [-0.3, -0.25) is 9.69 Å². The lowest BCUT2D eigenvalue weighted by Gasteiger charge is -2.37. The highest BCUT2D eigenvalue weighted by Crippen LogP contribution is 2.28. The van der Waals surface area contributed by atoms with Crippen molar-refractivity contribution in [2.75, 3.05) is 59.7 Å². The standard InChI is InChI=1S/C20H31N3O3.2ClH/c1-25-16-20(6-8-21-9-7-20)15-22-19(24)18-5-3-2-4-17(18)14-23-10-12-26-13-11-23;;/h2-5,21H,6-16H2,1H3,(H,22,24);2*1H. The number of methoxy groups -OCH3 is 1. The first-order chi connectivity index (χ1) is 12.7. The maximum absolute atomic E-state index is 12.9. The van der Waals surface area contributed by atoms with Gasteiger partial charge in [0.15, 0.2) is 0 Å². The molecule has 0 aliphatic carbocycles. The zero-order chi connectivity index (χ0) is 18.2. The van der Waals surface area contributed by atoms with E-state index >= 15 is 0 Å². The van der Waals surface area contributed by atoms with Gasteiger partial charge in [-0.25, -0.2) is 0 Å². The van der Waals surface area contributed by atoms with Crippen LogP contribution in [0.15, 0.2) is 24.3 Å². The Morgan fingerprint density at radius 2 is 1.89 bits per heavy atom. The second-order valence-electron chi connectivity index (χ2n) is 7.41. The second kappa shape index (κ2) is 12.6. The number of morpholine rings is 1. The summed E-state index contributed by atoms with van der Waals surface area (Å²) in [7, 11) is 1.74. The van der Waals surface area contributed by atoms with Crippen molar-refractivity contribution in [2.45, 2.75) is 19.4 Å². The monoisotopic (exact) mass is 433 g/mol. The quantitative estimate of drug-likeness (QED) is 0.689. The van der Waals surface area contributed by atoms with Crippen LogP contribution in [0.2, 0.25) is 0 Å². The third kappa shape index (κ3) is 6.87. The highest BCUT2D eigenvalue weighted by Gasteiger charge is 2.32. The number of nitrogens with zero attached hydrogens (tertiary/aromatic N) is 1. The SMILES string of the molecule is COCC1(CNC(=O)c2ccccc2CN2CCOCC2)CCNCC1.Cl.Cl. The molecule has 0 bridgehead atoms. The number of benzene rings is 1. The van der Waals surface area contributed by atoms with E-state index in [0.29, 0.717) is 13.2 Å². The molecule has 1 aromatic carbocycles. The van der Waals surface area contributed by atoms with Gasteiger partial charge < -0.3 is 20.1 Å². The highest BCUT2D eigenvalue weighted by atomic mass is 35.5. The Hall–Kier alpha value is -0.890. The fourth-order valence-corrected chi connectivity index (χ4v) is 3.88. The first kappa shape index (κ1) is 25.1. The molecule has 0 unspecified atom stereocenters. The van der Waals surface area contributed by atoms with Crippen LogP contribution >= 0.6 is 24.8 Å².